The molecule has 0 radical (unpaired) electrons. The zero-order valence-corrected chi connectivity index (χ0v) is 11.3. The minimum atomic E-state index is -0.936. The number of fused-ring (bicyclic) bond motifs is 1. The molecule has 0 aromatic rings. The summed E-state index contributed by atoms with van der Waals surface area (Å²) in [5.41, 5.74) is -0.254. The van der Waals surface area contributed by atoms with Gasteiger partial charge in [-0.1, -0.05) is 13.8 Å². The summed E-state index contributed by atoms with van der Waals surface area (Å²) in [4.78, 5) is 22.8. The lowest BCUT2D eigenvalue weighted by Gasteiger charge is -2.39. The number of hydrogen-bond acceptors (Lipinski definition) is 3. The smallest absolute Gasteiger partial charge is 0.331 e. The Balaban J connectivity index is 2.16. The summed E-state index contributed by atoms with van der Waals surface area (Å²) in [5.74, 6) is -0.901. The van der Waals surface area contributed by atoms with Crippen LogP contribution in [0.2, 0.25) is 0 Å². The number of aliphatic hydroxyl groups is 1. The van der Waals surface area contributed by atoms with Crippen LogP contribution in [0.5, 0.6) is 0 Å². The third-order valence-corrected chi connectivity index (χ3v) is 6.13. The monoisotopic (exact) mass is 264 g/mol. The molecule has 0 aromatic heterocycles. The average molecular weight is 264 g/mol. The Morgan fingerprint density at radius 2 is 2.11 bits per heavy atom. The van der Waals surface area contributed by atoms with Gasteiger partial charge in [-0.2, -0.15) is 0 Å². The fourth-order valence-electron chi connectivity index (χ4n) is 5.27. The molecule has 0 aliphatic heterocycles. The molecular weight excluding hydrogens is 244 g/mol. The Hall–Kier alpha value is -1.16. The molecule has 2 bridgehead atoms. The van der Waals surface area contributed by atoms with Crippen molar-refractivity contribution < 1.29 is 19.8 Å². The number of aliphatic carboxylic acids is 1. The molecule has 2 fully saturated rings. The molecule has 5 atom stereocenters. The molecule has 4 nitrogen and oxygen atoms in total. The van der Waals surface area contributed by atoms with Crippen LogP contribution in [0.15, 0.2) is 11.6 Å². The van der Waals surface area contributed by atoms with Gasteiger partial charge in [0, 0.05) is 16.9 Å². The van der Waals surface area contributed by atoms with Gasteiger partial charge in [0.2, 0.25) is 0 Å². The molecule has 1 spiro atoms. The highest BCUT2D eigenvalue weighted by Gasteiger charge is 2.68. The first kappa shape index (κ1) is 12.9. The molecule has 3 aliphatic carbocycles. The van der Waals surface area contributed by atoms with E-state index >= 15 is 0 Å². The van der Waals surface area contributed by atoms with Gasteiger partial charge in [-0.05, 0) is 42.6 Å². The van der Waals surface area contributed by atoms with Crippen LogP contribution in [-0.4, -0.2) is 28.6 Å². The zero-order chi connectivity index (χ0) is 14.0. The number of carbonyl (C=O) groups is 2. The van der Waals surface area contributed by atoms with Crippen molar-refractivity contribution in [3.05, 3.63) is 11.6 Å². The molecule has 0 saturated heterocycles. The van der Waals surface area contributed by atoms with E-state index in [4.69, 9.17) is 0 Å². The topological polar surface area (TPSA) is 74.6 Å². The maximum absolute atomic E-state index is 11.4. The lowest BCUT2D eigenvalue weighted by molar-refractivity contribution is -0.134. The van der Waals surface area contributed by atoms with Gasteiger partial charge in [-0.3, -0.25) is 0 Å². The fourth-order valence-corrected chi connectivity index (χ4v) is 5.27. The first-order valence-corrected chi connectivity index (χ1v) is 6.94. The number of aldehydes is 1. The van der Waals surface area contributed by atoms with Crippen LogP contribution in [-0.2, 0) is 9.59 Å². The summed E-state index contributed by atoms with van der Waals surface area (Å²) < 4.78 is 0. The third kappa shape index (κ3) is 1.33. The molecule has 2 saturated carbocycles. The maximum Gasteiger partial charge on any atom is 0.331 e. The molecular formula is C15H20O4. The summed E-state index contributed by atoms with van der Waals surface area (Å²) in [6, 6.07) is 0. The number of hydrogen-bond donors (Lipinski definition) is 2. The second-order valence-corrected chi connectivity index (χ2v) is 6.93. The maximum atomic E-state index is 11.4. The van der Waals surface area contributed by atoms with Gasteiger partial charge in [0.05, 0.1) is 6.10 Å². The van der Waals surface area contributed by atoms with E-state index in [1.54, 1.807) is 0 Å². The Labute approximate surface area is 112 Å². The van der Waals surface area contributed by atoms with Gasteiger partial charge in [0.15, 0.2) is 0 Å². The largest absolute Gasteiger partial charge is 0.478 e. The number of rotatable bonds is 2. The molecule has 0 aromatic carbocycles. The van der Waals surface area contributed by atoms with Gasteiger partial charge in [-0.15, -0.1) is 0 Å². The minimum absolute atomic E-state index is 0.0545. The molecule has 19 heavy (non-hydrogen) atoms. The first-order chi connectivity index (χ1) is 8.85. The number of aliphatic hydroxyl groups excluding tert-OH is 1. The van der Waals surface area contributed by atoms with E-state index in [1.807, 2.05) is 0 Å². The van der Waals surface area contributed by atoms with Gasteiger partial charge >= 0.3 is 5.97 Å². The summed E-state index contributed by atoms with van der Waals surface area (Å²) in [6.07, 6.45) is 4.02. The lowest BCUT2D eigenvalue weighted by atomic mass is 9.66. The quantitative estimate of drug-likeness (QED) is 0.743. The van der Waals surface area contributed by atoms with Crippen LogP contribution in [0.3, 0.4) is 0 Å². The van der Waals surface area contributed by atoms with E-state index < -0.39 is 17.5 Å². The van der Waals surface area contributed by atoms with Crippen LogP contribution in [0, 0.1) is 28.6 Å². The van der Waals surface area contributed by atoms with Gasteiger partial charge in [-0.25, -0.2) is 4.79 Å². The Morgan fingerprint density at radius 3 is 2.68 bits per heavy atom. The standard InChI is InChI=1S/C15H20O4/c1-14(2)10-6-15(8(7-16)3-4-11(14)15)12(17)5-9(10)13(18)19/h5,7-8,10-12,17H,3-4,6H2,1-2H3,(H,18,19)/t8?,10?,11-,12-,15?/m0/s1. The van der Waals surface area contributed by atoms with Gasteiger partial charge in [0.25, 0.3) is 0 Å². The Morgan fingerprint density at radius 1 is 1.42 bits per heavy atom. The molecule has 3 rings (SSSR count). The van der Waals surface area contributed by atoms with Crippen molar-refractivity contribution in [3.63, 3.8) is 0 Å². The molecule has 3 aliphatic rings. The fraction of sp³-hybridized carbons (Fsp3) is 0.733. The van der Waals surface area contributed by atoms with E-state index in [-0.39, 0.29) is 23.2 Å². The van der Waals surface area contributed by atoms with E-state index in [0.29, 0.717) is 12.0 Å². The predicted octanol–water partition coefficient (Wildman–Crippen LogP) is 1.63. The second-order valence-electron chi connectivity index (χ2n) is 6.93. The van der Waals surface area contributed by atoms with Crippen molar-refractivity contribution in [1.29, 1.82) is 0 Å². The molecule has 0 amide bonds. The highest BCUT2D eigenvalue weighted by atomic mass is 16.4. The molecule has 3 unspecified atom stereocenters. The predicted molar refractivity (Wildman–Crippen MR) is 68.3 cm³/mol. The van der Waals surface area contributed by atoms with Crippen LogP contribution < -0.4 is 0 Å². The van der Waals surface area contributed by atoms with Gasteiger partial charge in [0.1, 0.15) is 6.29 Å². The summed E-state index contributed by atoms with van der Waals surface area (Å²) in [7, 11) is 0. The highest BCUT2D eigenvalue weighted by Crippen LogP contribution is 2.70. The molecule has 2 N–H and O–H groups in total. The van der Waals surface area contributed by atoms with Crippen molar-refractivity contribution in [3.8, 4) is 0 Å². The highest BCUT2D eigenvalue weighted by molar-refractivity contribution is 5.88. The molecule has 4 heteroatoms. The van der Waals surface area contributed by atoms with Crippen molar-refractivity contribution >= 4 is 12.3 Å². The van der Waals surface area contributed by atoms with Crippen LogP contribution in [0.25, 0.3) is 0 Å². The summed E-state index contributed by atoms with van der Waals surface area (Å²) in [5, 5.41) is 19.9. The first-order valence-electron chi connectivity index (χ1n) is 6.94. The van der Waals surface area contributed by atoms with Crippen molar-refractivity contribution in [2.24, 2.45) is 28.6 Å². The van der Waals surface area contributed by atoms with E-state index in [9.17, 15) is 19.8 Å². The lowest BCUT2D eigenvalue weighted by Crippen LogP contribution is -2.43. The van der Waals surface area contributed by atoms with E-state index in [1.165, 1.54) is 6.08 Å². The molecule has 0 heterocycles. The third-order valence-electron chi connectivity index (χ3n) is 6.13. The summed E-state index contributed by atoms with van der Waals surface area (Å²) >= 11 is 0. The van der Waals surface area contributed by atoms with E-state index in [2.05, 4.69) is 13.8 Å². The molecule has 104 valence electrons. The van der Waals surface area contributed by atoms with Crippen molar-refractivity contribution in [2.45, 2.75) is 39.2 Å². The van der Waals surface area contributed by atoms with Crippen LogP contribution in [0.4, 0.5) is 0 Å². The second kappa shape index (κ2) is 3.69. The SMILES string of the molecule is CC1(C)C2CC3(C(C=O)CC[C@@H]13)[C@@H](O)C=C2C(=O)O. The Bertz CT molecular complexity index is 479. The van der Waals surface area contributed by atoms with E-state index in [0.717, 1.165) is 19.1 Å². The Kier molecular flexibility index (Phi) is 2.50. The van der Waals surface area contributed by atoms with Crippen molar-refractivity contribution in [2.75, 3.05) is 0 Å². The normalized spacial score (nSPS) is 46.6. The number of carbonyl (C=O) groups excluding carboxylic acids is 1. The minimum Gasteiger partial charge on any atom is -0.478 e. The number of carboxylic acids is 1. The van der Waals surface area contributed by atoms with Gasteiger partial charge < -0.3 is 15.0 Å². The van der Waals surface area contributed by atoms with Crippen LogP contribution in [0.1, 0.15) is 33.1 Å². The zero-order valence-electron chi connectivity index (χ0n) is 11.3. The number of carboxylic acid groups (broad SMARTS) is 1. The van der Waals surface area contributed by atoms with Crippen LogP contribution >= 0.6 is 0 Å². The van der Waals surface area contributed by atoms with Crippen molar-refractivity contribution in [1.82, 2.24) is 0 Å². The average Bonchev–Trinajstić information content (AvgIpc) is 2.79. The summed E-state index contributed by atoms with van der Waals surface area (Å²) in [6.45, 7) is 4.18.